The molecule has 0 aromatic rings. The van der Waals surface area contributed by atoms with E-state index in [9.17, 15) is 4.79 Å². The molecule has 1 aliphatic heterocycles. The topological polar surface area (TPSA) is 41.1 Å². The van der Waals surface area contributed by atoms with E-state index in [1.807, 2.05) is 0 Å². The van der Waals surface area contributed by atoms with Crippen molar-refractivity contribution in [1.82, 2.24) is 10.6 Å². The minimum atomic E-state index is 0. The number of carbonyl (C=O) groups excluding carboxylic acids is 1. The molecular formula is C15H27ClN2O. The average molecular weight is 287 g/mol. The van der Waals surface area contributed by atoms with Crippen molar-refractivity contribution in [3.05, 3.63) is 0 Å². The van der Waals surface area contributed by atoms with Crippen molar-refractivity contribution in [3.8, 4) is 0 Å². The largest absolute Gasteiger partial charge is 0.355 e. The van der Waals surface area contributed by atoms with Crippen LogP contribution in [-0.4, -0.2) is 25.5 Å². The van der Waals surface area contributed by atoms with Gasteiger partial charge in [0.2, 0.25) is 5.91 Å². The van der Waals surface area contributed by atoms with Crippen LogP contribution < -0.4 is 10.6 Å². The molecule has 0 aromatic heterocycles. The molecule has 3 fully saturated rings. The van der Waals surface area contributed by atoms with Gasteiger partial charge >= 0.3 is 0 Å². The number of rotatable bonds is 3. The Morgan fingerprint density at radius 2 is 1.95 bits per heavy atom. The first-order valence-corrected chi connectivity index (χ1v) is 7.68. The maximum absolute atomic E-state index is 12.2. The van der Waals surface area contributed by atoms with Crippen molar-refractivity contribution in [3.63, 3.8) is 0 Å². The van der Waals surface area contributed by atoms with Crippen LogP contribution in [0.2, 0.25) is 0 Å². The van der Waals surface area contributed by atoms with Crippen molar-refractivity contribution < 1.29 is 4.79 Å². The van der Waals surface area contributed by atoms with E-state index in [0.29, 0.717) is 11.8 Å². The lowest BCUT2D eigenvalue weighted by Gasteiger charge is -2.34. The van der Waals surface area contributed by atoms with Gasteiger partial charge in [-0.05, 0) is 49.5 Å². The summed E-state index contributed by atoms with van der Waals surface area (Å²) in [7, 11) is 0. The highest BCUT2D eigenvalue weighted by Crippen LogP contribution is 2.55. The molecule has 1 saturated heterocycles. The fourth-order valence-corrected chi connectivity index (χ4v) is 4.07. The minimum Gasteiger partial charge on any atom is -0.355 e. The molecule has 3 aliphatic rings. The Morgan fingerprint density at radius 1 is 1.26 bits per heavy atom. The molecule has 3 rings (SSSR count). The molecule has 0 spiro atoms. The molecule has 3 unspecified atom stereocenters. The highest BCUT2D eigenvalue weighted by Gasteiger charge is 2.54. The second kappa shape index (κ2) is 6.01. The number of halogens is 1. The van der Waals surface area contributed by atoms with Gasteiger partial charge in [0.15, 0.2) is 0 Å². The van der Waals surface area contributed by atoms with E-state index in [1.165, 1.54) is 38.5 Å². The molecule has 3 atom stereocenters. The van der Waals surface area contributed by atoms with E-state index in [4.69, 9.17) is 0 Å². The molecule has 0 bridgehead atoms. The van der Waals surface area contributed by atoms with Crippen molar-refractivity contribution in [2.45, 2.75) is 45.4 Å². The van der Waals surface area contributed by atoms with Crippen molar-refractivity contribution >= 4 is 18.3 Å². The molecule has 3 nitrogen and oxygen atoms in total. The first-order valence-electron chi connectivity index (χ1n) is 7.68. The van der Waals surface area contributed by atoms with Gasteiger partial charge in [-0.25, -0.2) is 0 Å². The van der Waals surface area contributed by atoms with Gasteiger partial charge in [-0.3, -0.25) is 4.79 Å². The maximum atomic E-state index is 12.2. The highest BCUT2D eigenvalue weighted by atomic mass is 35.5. The maximum Gasteiger partial charge on any atom is 0.223 e. The fraction of sp³-hybridized carbons (Fsp3) is 0.933. The Bertz CT molecular complexity index is 316. The van der Waals surface area contributed by atoms with Gasteiger partial charge in [-0.15, -0.1) is 12.4 Å². The number of carbonyl (C=O) groups is 1. The molecule has 1 amide bonds. The van der Waals surface area contributed by atoms with Crippen molar-refractivity contribution in [2.75, 3.05) is 19.6 Å². The zero-order valence-corrected chi connectivity index (χ0v) is 12.7. The van der Waals surface area contributed by atoms with Crippen LogP contribution in [0.25, 0.3) is 0 Å². The SMILES string of the molecule is CC1(CNC(=O)C2C3CCCCC32)CCCNC1.Cl. The third kappa shape index (κ3) is 3.25. The molecular weight excluding hydrogens is 260 g/mol. The Balaban J connectivity index is 0.00000133. The summed E-state index contributed by atoms with van der Waals surface area (Å²) < 4.78 is 0. The van der Waals surface area contributed by atoms with Crippen LogP contribution in [0, 0.1) is 23.2 Å². The Hall–Kier alpha value is -0.280. The monoisotopic (exact) mass is 286 g/mol. The third-order valence-electron chi connectivity index (χ3n) is 5.33. The Labute approximate surface area is 122 Å². The summed E-state index contributed by atoms with van der Waals surface area (Å²) in [6.45, 7) is 5.33. The van der Waals surface area contributed by atoms with Gasteiger partial charge in [0.25, 0.3) is 0 Å². The van der Waals surface area contributed by atoms with Crippen LogP contribution in [0.4, 0.5) is 0 Å². The third-order valence-corrected chi connectivity index (χ3v) is 5.33. The second-order valence-electron chi connectivity index (χ2n) is 6.95. The van der Waals surface area contributed by atoms with Crippen LogP contribution in [0.5, 0.6) is 0 Å². The van der Waals surface area contributed by atoms with Gasteiger partial charge in [0.05, 0.1) is 0 Å². The average Bonchev–Trinajstić information content (AvgIpc) is 3.11. The van der Waals surface area contributed by atoms with Crippen LogP contribution >= 0.6 is 12.4 Å². The minimum absolute atomic E-state index is 0. The van der Waals surface area contributed by atoms with Crippen LogP contribution in [0.15, 0.2) is 0 Å². The summed E-state index contributed by atoms with van der Waals surface area (Å²) in [4.78, 5) is 12.2. The van der Waals surface area contributed by atoms with Crippen LogP contribution in [-0.2, 0) is 4.79 Å². The highest BCUT2D eigenvalue weighted by molar-refractivity contribution is 5.85. The first-order chi connectivity index (χ1) is 8.70. The number of fused-ring (bicyclic) bond motifs is 1. The number of amides is 1. The summed E-state index contributed by atoms with van der Waals surface area (Å²) in [5, 5.41) is 6.67. The lowest BCUT2D eigenvalue weighted by molar-refractivity contribution is -0.123. The molecule has 4 heteroatoms. The summed E-state index contributed by atoms with van der Waals surface area (Å²) in [6.07, 6.45) is 7.74. The lowest BCUT2D eigenvalue weighted by atomic mass is 9.83. The normalized spacial score (nSPS) is 40.8. The molecule has 0 aromatic carbocycles. The molecule has 1 heterocycles. The Kier molecular flexibility index (Phi) is 4.78. The predicted molar refractivity (Wildman–Crippen MR) is 79.4 cm³/mol. The van der Waals surface area contributed by atoms with Gasteiger partial charge in [0.1, 0.15) is 0 Å². The second-order valence-corrected chi connectivity index (χ2v) is 6.95. The number of piperidine rings is 1. The van der Waals surface area contributed by atoms with Gasteiger partial charge in [0, 0.05) is 19.0 Å². The molecule has 2 aliphatic carbocycles. The van der Waals surface area contributed by atoms with Gasteiger partial charge < -0.3 is 10.6 Å². The first kappa shape index (κ1) is 15.1. The summed E-state index contributed by atoms with van der Waals surface area (Å²) in [5.74, 6) is 2.18. The van der Waals surface area contributed by atoms with Gasteiger partial charge in [-0.2, -0.15) is 0 Å². The summed E-state index contributed by atoms with van der Waals surface area (Å²) in [5.41, 5.74) is 0.272. The summed E-state index contributed by atoms with van der Waals surface area (Å²) >= 11 is 0. The number of hydrogen-bond donors (Lipinski definition) is 2. The van der Waals surface area contributed by atoms with E-state index in [0.717, 1.165) is 31.5 Å². The summed E-state index contributed by atoms with van der Waals surface area (Å²) in [6, 6.07) is 0. The Morgan fingerprint density at radius 3 is 2.53 bits per heavy atom. The number of hydrogen-bond acceptors (Lipinski definition) is 2. The lowest BCUT2D eigenvalue weighted by Crippen LogP contribution is -2.46. The van der Waals surface area contributed by atoms with E-state index in [1.54, 1.807) is 0 Å². The van der Waals surface area contributed by atoms with E-state index < -0.39 is 0 Å². The molecule has 2 N–H and O–H groups in total. The zero-order chi connectivity index (χ0) is 12.6. The zero-order valence-electron chi connectivity index (χ0n) is 11.9. The molecule has 0 radical (unpaired) electrons. The van der Waals surface area contributed by atoms with Crippen LogP contribution in [0.3, 0.4) is 0 Å². The van der Waals surface area contributed by atoms with Crippen molar-refractivity contribution in [1.29, 1.82) is 0 Å². The molecule has 19 heavy (non-hydrogen) atoms. The standard InChI is InChI=1S/C15H26N2O.ClH/c1-15(7-4-8-16-9-15)10-17-14(18)13-11-5-2-3-6-12(11)13;/h11-13,16H,2-10H2,1H3,(H,17,18);1H. The van der Waals surface area contributed by atoms with Gasteiger partial charge in [-0.1, -0.05) is 19.8 Å². The van der Waals surface area contributed by atoms with Crippen molar-refractivity contribution in [2.24, 2.45) is 23.2 Å². The fourth-order valence-electron chi connectivity index (χ4n) is 4.07. The van der Waals surface area contributed by atoms with Crippen LogP contribution in [0.1, 0.15) is 45.4 Å². The quantitative estimate of drug-likeness (QED) is 0.836. The number of nitrogens with one attached hydrogen (secondary N) is 2. The predicted octanol–water partition coefficient (Wildman–Crippen LogP) is 2.35. The van der Waals surface area contributed by atoms with E-state index >= 15 is 0 Å². The molecule has 2 saturated carbocycles. The van der Waals surface area contributed by atoms with E-state index in [-0.39, 0.29) is 17.8 Å². The smallest absolute Gasteiger partial charge is 0.223 e. The molecule has 110 valence electrons. The van der Waals surface area contributed by atoms with E-state index in [2.05, 4.69) is 17.6 Å².